The summed E-state index contributed by atoms with van der Waals surface area (Å²) < 4.78 is 27.8. The van der Waals surface area contributed by atoms with E-state index in [4.69, 9.17) is 5.11 Å². The molecule has 0 aliphatic carbocycles. The lowest BCUT2D eigenvalue weighted by Crippen LogP contribution is -2.26. The van der Waals surface area contributed by atoms with Crippen LogP contribution in [0.2, 0.25) is 0 Å². The molecular weight excluding hydrogens is 266 g/mol. The van der Waals surface area contributed by atoms with Crippen molar-refractivity contribution in [2.24, 2.45) is 7.05 Å². The van der Waals surface area contributed by atoms with Gasteiger partial charge in [0.2, 0.25) is 0 Å². The van der Waals surface area contributed by atoms with Gasteiger partial charge in [0.05, 0.1) is 6.33 Å². The van der Waals surface area contributed by atoms with E-state index in [0.717, 1.165) is 5.56 Å². The lowest BCUT2D eigenvalue weighted by atomic mass is 10.1. The number of nitrogens with zero attached hydrogens (tertiary/aromatic N) is 2. The van der Waals surface area contributed by atoms with Crippen LogP contribution in [0.3, 0.4) is 0 Å². The lowest BCUT2D eigenvalue weighted by Gasteiger charge is -2.04. The van der Waals surface area contributed by atoms with Crippen LogP contribution in [0, 0.1) is 0 Å². The number of sulfonamides is 1. The van der Waals surface area contributed by atoms with Crippen molar-refractivity contribution < 1.29 is 13.5 Å². The number of aromatic nitrogens is 2. The zero-order valence-corrected chi connectivity index (χ0v) is 11.3. The molecule has 1 aromatic heterocycles. The molecule has 0 atom stereocenters. The van der Waals surface area contributed by atoms with E-state index >= 15 is 0 Å². The fraction of sp³-hybridized carbons (Fsp3) is 0.250. The molecule has 1 aromatic carbocycles. The molecule has 2 N–H and O–H groups in total. The Bertz CT molecular complexity index is 647. The quantitative estimate of drug-likeness (QED) is 0.842. The van der Waals surface area contributed by atoms with Crippen LogP contribution in [0.5, 0.6) is 5.75 Å². The van der Waals surface area contributed by atoms with E-state index in [1.165, 1.54) is 12.5 Å². The molecule has 7 heteroatoms. The third-order valence-electron chi connectivity index (χ3n) is 2.60. The SMILES string of the molecule is Cn1cnc(S(=O)(=O)NCCc2ccc(O)cc2)c1. The van der Waals surface area contributed by atoms with E-state index in [-0.39, 0.29) is 17.3 Å². The number of nitrogens with one attached hydrogen (secondary N) is 1. The maximum Gasteiger partial charge on any atom is 0.259 e. The highest BCUT2D eigenvalue weighted by atomic mass is 32.2. The Balaban J connectivity index is 1.93. The van der Waals surface area contributed by atoms with E-state index in [1.54, 1.807) is 35.9 Å². The van der Waals surface area contributed by atoms with Crippen molar-refractivity contribution >= 4 is 10.0 Å². The number of imidazole rings is 1. The molecule has 19 heavy (non-hydrogen) atoms. The zero-order chi connectivity index (χ0) is 13.9. The van der Waals surface area contributed by atoms with E-state index in [9.17, 15) is 8.42 Å². The van der Waals surface area contributed by atoms with Gasteiger partial charge in [-0.05, 0) is 24.1 Å². The molecular formula is C12H15N3O3S. The topological polar surface area (TPSA) is 84.2 Å². The van der Waals surface area contributed by atoms with Gasteiger partial charge in [0.1, 0.15) is 5.75 Å². The summed E-state index contributed by atoms with van der Waals surface area (Å²) >= 11 is 0. The van der Waals surface area contributed by atoms with Crippen LogP contribution < -0.4 is 4.72 Å². The van der Waals surface area contributed by atoms with Crippen LogP contribution in [-0.4, -0.2) is 29.6 Å². The van der Waals surface area contributed by atoms with Crippen LogP contribution >= 0.6 is 0 Å². The number of phenols is 1. The standard InChI is InChI=1S/C12H15N3O3S/c1-15-8-12(13-9-15)19(17,18)14-7-6-10-2-4-11(16)5-3-10/h2-5,8-9,14,16H,6-7H2,1H3. The van der Waals surface area contributed by atoms with Gasteiger partial charge in [0.15, 0.2) is 5.03 Å². The highest BCUT2D eigenvalue weighted by molar-refractivity contribution is 7.89. The normalized spacial score (nSPS) is 11.6. The molecule has 0 radical (unpaired) electrons. The van der Waals surface area contributed by atoms with Crippen LogP contribution in [0.15, 0.2) is 41.8 Å². The molecule has 0 bridgehead atoms. The smallest absolute Gasteiger partial charge is 0.259 e. The van der Waals surface area contributed by atoms with Gasteiger partial charge >= 0.3 is 0 Å². The molecule has 6 nitrogen and oxygen atoms in total. The number of phenolic OH excluding ortho intramolecular Hbond substituents is 1. The van der Waals surface area contributed by atoms with Crippen molar-refractivity contribution in [1.29, 1.82) is 0 Å². The summed E-state index contributed by atoms with van der Waals surface area (Å²) in [7, 11) is -1.84. The second kappa shape index (κ2) is 5.41. The van der Waals surface area contributed by atoms with Crippen LogP contribution in [-0.2, 0) is 23.5 Å². The average Bonchev–Trinajstić information content (AvgIpc) is 2.79. The Morgan fingerprint density at radius 1 is 1.32 bits per heavy atom. The molecule has 0 saturated heterocycles. The Morgan fingerprint density at radius 3 is 2.58 bits per heavy atom. The molecule has 0 amide bonds. The minimum absolute atomic E-state index is 0.0145. The van der Waals surface area contributed by atoms with Gasteiger partial charge in [-0.15, -0.1) is 0 Å². The van der Waals surface area contributed by atoms with Crippen LogP contribution in [0.1, 0.15) is 5.56 Å². The fourth-order valence-electron chi connectivity index (χ4n) is 1.59. The summed E-state index contributed by atoms with van der Waals surface area (Å²) in [6.07, 6.45) is 3.43. The Hall–Kier alpha value is -1.86. The van der Waals surface area contributed by atoms with Crippen molar-refractivity contribution in [3.8, 4) is 5.75 Å². The molecule has 0 aliphatic heterocycles. The van der Waals surface area contributed by atoms with Crippen molar-refractivity contribution in [3.63, 3.8) is 0 Å². The highest BCUT2D eigenvalue weighted by Gasteiger charge is 2.15. The first-order valence-electron chi connectivity index (χ1n) is 5.73. The van der Waals surface area contributed by atoms with Crippen molar-refractivity contribution in [1.82, 2.24) is 14.3 Å². The van der Waals surface area contributed by atoms with Crippen LogP contribution in [0.4, 0.5) is 0 Å². The Kier molecular flexibility index (Phi) is 3.87. The van der Waals surface area contributed by atoms with E-state index in [2.05, 4.69) is 9.71 Å². The number of aryl methyl sites for hydroxylation is 1. The number of rotatable bonds is 5. The van der Waals surface area contributed by atoms with E-state index in [0.29, 0.717) is 6.42 Å². The molecule has 2 rings (SSSR count). The first-order chi connectivity index (χ1) is 8.97. The molecule has 2 aromatic rings. The minimum Gasteiger partial charge on any atom is -0.508 e. The molecule has 0 aliphatic rings. The highest BCUT2D eigenvalue weighted by Crippen LogP contribution is 2.10. The predicted molar refractivity (Wildman–Crippen MR) is 70.2 cm³/mol. The first-order valence-corrected chi connectivity index (χ1v) is 7.21. The third kappa shape index (κ3) is 3.55. The summed E-state index contributed by atoms with van der Waals surface area (Å²) in [4.78, 5) is 3.80. The number of aromatic hydroxyl groups is 1. The molecule has 1 heterocycles. The summed E-state index contributed by atoms with van der Waals surface area (Å²) in [5.41, 5.74) is 0.946. The Morgan fingerprint density at radius 2 is 2.00 bits per heavy atom. The van der Waals surface area contributed by atoms with Crippen molar-refractivity contribution in [2.45, 2.75) is 11.4 Å². The molecule has 0 unspecified atom stereocenters. The fourth-order valence-corrected chi connectivity index (χ4v) is 2.60. The molecule has 102 valence electrons. The first kappa shape index (κ1) is 13.6. The van der Waals surface area contributed by atoms with Gasteiger partial charge in [0, 0.05) is 19.8 Å². The predicted octanol–water partition coefficient (Wildman–Crippen LogP) is 0.647. The average molecular weight is 281 g/mol. The molecule has 0 saturated carbocycles. The zero-order valence-electron chi connectivity index (χ0n) is 10.4. The number of hydrogen-bond acceptors (Lipinski definition) is 4. The second-order valence-electron chi connectivity index (χ2n) is 4.19. The number of benzene rings is 1. The summed E-state index contributed by atoms with van der Waals surface area (Å²) in [6.45, 7) is 0.281. The number of hydrogen-bond donors (Lipinski definition) is 2. The minimum atomic E-state index is -3.55. The van der Waals surface area contributed by atoms with Crippen molar-refractivity contribution in [2.75, 3.05) is 6.54 Å². The van der Waals surface area contributed by atoms with Gasteiger partial charge in [-0.25, -0.2) is 18.1 Å². The maximum atomic E-state index is 11.9. The second-order valence-corrected chi connectivity index (χ2v) is 5.91. The molecule has 0 fully saturated rings. The van der Waals surface area contributed by atoms with Gasteiger partial charge in [-0.1, -0.05) is 12.1 Å². The Labute approximate surface area is 111 Å². The summed E-state index contributed by atoms with van der Waals surface area (Å²) in [5, 5.41) is 9.15. The van der Waals surface area contributed by atoms with Crippen LogP contribution in [0.25, 0.3) is 0 Å². The summed E-state index contributed by atoms with van der Waals surface area (Å²) in [5.74, 6) is 0.192. The van der Waals surface area contributed by atoms with Crippen molar-refractivity contribution in [3.05, 3.63) is 42.4 Å². The van der Waals surface area contributed by atoms with Gasteiger partial charge < -0.3 is 9.67 Å². The third-order valence-corrected chi connectivity index (χ3v) is 3.94. The lowest BCUT2D eigenvalue weighted by molar-refractivity contribution is 0.475. The largest absolute Gasteiger partial charge is 0.508 e. The van der Waals surface area contributed by atoms with E-state index < -0.39 is 10.0 Å². The summed E-state index contributed by atoms with van der Waals surface area (Å²) in [6, 6.07) is 6.65. The van der Waals surface area contributed by atoms with Gasteiger partial charge in [0.25, 0.3) is 10.0 Å². The van der Waals surface area contributed by atoms with Gasteiger partial charge in [-0.2, -0.15) is 0 Å². The van der Waals surface area contributed by atoms with E-state index in [1.807, 2.05) is 0 Å². The monoisotopic (exact) mass is 281 g/mol. The van der Waals surface area contributed by atoms with Gasteiger partial charge in [-0.3, -0.25) is 0 Å². The molecule has 0 spiro atoms. The maximum absolute atomic E-state index is 11.9.